The highest BCUT2D eigenvalue weighted by molar-refractivity contribution is 5.26. The SMILES string of the molecule is CCCNCc1ccc(Cc2nccn2CC)cc1F. The van der Waals surface area contributed by atoms with E-state index in [0.717, 1.165) is 36.5 Å². The molecule has 0 radical (unpaired) electrons. The van der Waals surface area contributed by atoms with Gasteiger partial charge in [0.15, 0.2) is 0 Å². The van der Waals surface area contributed by atoms with E-state index in [1.807, 2.05) is 18.3 Å². The van der Waals surface area contributed by atoms with E-state index in [-0.39, 0.29) is 5.82 Å². The number of hydrogen-bond acceptors (Lipinski definition) is 2. The molecule has 108 valence electrons. The van der Waals surface area contributed by atoms with Gasteiger partial charge in [-0.1, -0.05) is 19.1 Å². The molecule has 0 unspecified atom stereocenters. The lowest BCUT2D eigenvalue weighted by Crippen LogP contribution is -2.15. The third-order valence-corrected chi connectivity index (χ3v) is 3.36. The number of hydrogen-bond donors (Lipinski definition) is 1. The van der Waals surface area contributed by atoms with Crippen molar-refractivity contribution in [1.29, 1.82) is 0 Å². The van der Waals surface area contributed by atoms with Gasteiger partial charge >= 0.3 is 0 Å². The lowest BCUT2D eigenvalue weighted by Gasteiger charge is -2.08. The number of benzene rings is 1. The lowest BCUT2D eigenvalue weighted by molar-refractivity contribution is 0.584. The van der Waals surface area contributed by atoms with Crippen molar-refractivity contribution in [3.63, 3.8) is 0 Å². The Balaban J connectivity index is 2.05. The van der Waals surface area contributed by atoms with Crippen LogP contribution in [0.25, 0.3) is 0 Å². The van der Waals surface area contributed by atoms with Crippen LogP contribution in [-0.2, 0) is 19.5 Å². The molecule has 0 saturated heterocycles. The fourth-order valence-electron chi connectivity index (χ4n) is 2.22. The first-order valence-electron chi connectivity index (χ1n) is 7.22. The normalized spacial score (nSPS) is 10.9. The number of aryl methyl sites for hydroxylation is 1. The van der Waals surface area contributed by atoms with E-state index in [1.54, 1.807) is 12.3 Å². The highest BCUT2D eigenvalue weighted by Crippen LogP contribution is 2.14. The molecule has 20 heavy (non-hydrogen) atoms. The van der Waals surface area contributed by atoms with Crippen LogP contribution in [0.1, 0.15) is 37.2 Å². The number of nitrogens with zero attached hydrogens (tertiary/aromatic N) is 2. The van der Waals surface area contributed by atoms with Gasteiger partial charge in [-0.3, -0.25) is 0 Å². The Morgan fingerprint density at radius 2 is 2.15 bits per heavy atom. The van der Waals surface area contributed by atoms with Gasteiger partial charge in [-0.05, 0) is 31.5 Å². The highest BCUT2D eigenvalue weighted by atomic mass is 19.1. The van der Waals surface area contributed by atoms with Gasteiger partial charge in [0.25, 0.3) is 0 Å². The molecule has 4 heteroatoms. The van der Waals surface area contributed by atoms with Crippen LogP contribution in [0.15, 0.2) is 30.6 Å². The summed E-state index contributed by atoms with van der Waals surface area (Å²) in [6.07, 6.45) is 5.47. The third-order valence-electron chi connectivity index (χ3n) is 3.36. The van der Waals surface area contributed by atoms with E-state index in [0.29, 0.717) is 13.0 Å². The van der Waals surface area contributed by atoms with Gasteiger partial charge in [0, 0.05) is 37.5 Å². The van der Waals surface area contributed by atoms with Crippen molar-refractivity contribution in [2.75, 3.05) is 6.54 Å². The topological polar surface area (TPSA) is 29.9 Å². The first-order chi connectivity index (χ1) is 9.74. The minimum Gasteiger partial charge on any atom is -0.335 e. The average molecular weight is 275 g/mol. The molecule has 0 amide bonds. The second-order valence-corrected chi connectivity index (χ2v) is 4.91. The zero-order chi connectivity index (χ0) is 14.4. The summed E-state index contributed by atoms with van der Waals surface area (Å²) >= 11 is 0. The largest absolute Gasteiger partial charge is 0.335 e. The first-order valence-corrected chi connectivity index (χ1v) is 7.22. The van der Waals surface area contributed by atoms with Gasteiger partial charge in [-0.2, -0.15) is 0 Å². The molecule has 0 aliphatic heterocycles. The van der Waals surface area contributed by atoms with Gasteiger partial charge in [0.1, 0.15) is 11.6 Å². The van der Waals surface area contributed by atoms with Crippen molar-refractivity contribution < 1.29 is 4.39 Å². The fraction of sp³-hybridized carbons (Fsp3) is 0.438. The number of imidazole rings is 1. The van der Waals surface area contributed by atoms with Crippen molar-refractivity contribution >= 4 is 0 Å². The van der Waals surface area contributed by atoms with Crippen LogP contribution in [0.5, 0.6) is 0 Å². The summed E-state index contributed by atoms with van der Waals surface area (Å²) in [5, 5.41) is 3.22. The molecule has 0 aliphatic rings. The zero-order valence-corrected chi connectivity index (χ0v) is 12.2. The molecule has 0 fully saturated rings. The Bertz CT molecular complexity index is 548. The van der Waals surface area contributed by atoms with Crippen molar-refractivity contribution in [3.05, 3.63) is 53.4 Å². The number of aromatic nitrogens is 2. The summed E-state index contributed by atoms with van der Waals surface area (Å²) in [4.78, 5) is 4.32. The molecule has 2 aromatic rings. The molecule has 0 atom stereocenters. The second kappa shape index (κ2) is 7.20. The first kappa shape index (κ1) is 14.7. The maximum absolute atomic E-state index is 14.0. The van der Waals surface area contributed by atoms with Gasteiger partial charge in [0.2, 0.25) is 0 Å². The van der Waals surface area contributed by atoms with Crippen molar-refractivity contribution in [3.8, 4) is 0 Å². The highest BCUT2D eigenvalue weighted by Gasteiger charge is 2.07. The van der Waals surface area contributed by atoms with Crippen molar-refractivity contribution in [1.82, 2.24) is 14.9 Å². The molecule has 1 aromatic heterocycles. The quantitative estimate of drug-likeness (QED) is 0.787. The monoisotopic (exact) mass is 275 g/mol. The summed E-state index contributed by atoms with van der Waals surface area (Å²) in [6, 6.07) is 5.48. The standard InChI is InChI=1S/C16H22FN3/c1-3-7-18-12-14-6-5-13(10-15(14)17)11-16-19-8-9-20(16)4-2/h5-6,8-10,18H,3-4,7,11-12H2,1-2H3. The van der Waals surface area contributed by atoms with E-state index >= 15 is 0 Å². The second-order valence-electron chi connectivity index (χ2n) is 4.91. The fourth-order valence-corrected chi connectivity index (χ4v) is 2.22. The molecule has 0 saturated carbocycles. The number of nitrogens with one attached hydrogen (secondary N) is 1. The molecule has 3 nitrogen and oxygen atoms in total. The molecule has 0 bridgehead atoms. The Labute approximate surface area is 119 Å². The van der Waals surface area contributed by atoms with E-state index in [2.05, 4.69) is 28.7 Å². The van der Waals surface area contributed by atoms with Crippen LogP contribution in [0, 0.1) is 5.82 Å². The molecule has 1 aromatic carbocycles. The van der Waals surface area contributed by atoms with Crippen molar-refractivity contribution in [2.24, 2.45) is 0 Å². The number of rotatable bonds is 7. The molecule has 1 heterocycles. The molecule has 0 aliphatic carbocycles. The third kappa shape index (κ3) is 3.67. The van der Waals surface area contributed by atoms with Crippen LogP contribution in [0.2, 0.25) is 0 Å². The van der Waals surface area contributed by atoms with Crippen LogP contribution in [-0.4, -0.2) is 16.1 Å². The van der Waals surface area contributed by atoms with E-state index in [9.17, 15) is 4.39 Å². The summed E-state index contributed by atoms with van der Waals surface area (Å²) in [6.45, 7) is 6.56. The summed E-state index contributed by atoms with van der Waals surface area (Å²) < 4.78 is 16.1. The van der Waals surface area contributed by atoms with Crippen LogP contribution in [0.3, 0.4) is 0 Å². The predicted octanol–water partition coefficient (Wildman–Crippen LogP) is 3.13. The minimum atomic E-state index is -0.138. The molecule has 0 spiro atoms. The van der Waals surface area contributed by atoms with Gasteiger partial charge in [-0.15, -0.1) is 0 Å². The van der Waals surface area contributed by atoms with Gasteiger partial charge in [-0.25, -0.2) is 9.37 Å². The summed E-state index contributed by atoms with van der Waals surface area (Å²) in [5.74, 6) is 0.837. The van der Waals surface area contributed by atoms with Gasteiger partial charge in [0.05, 0.1) is 0 Å². The van der Waals surface area contributed by atoms with E-state index < -0.39 is 0 Å². The Morgan fingerprint density at radius 1 is 1.30 bits per heavy atom. The molecule has 2 rings (SSSR count). The Hall–Kier alpha value is -1.68. The summed E-state index contributed by atoms with van der Waals surface area (Å²) in [7, 11) is 0. The van der Waals surface area contributed by atoms with E-state index in [4.69, 9.17) is 0 Å². The predicted molar refractivity (Wildman–Crippen MR) is 79.1 cm³/mol. The Kier molecular flexibility index (Phi) is 5.30. The Morgan fingerprint density at radius 3 is 2.85 bits per heavy atom. The van der Waals surface area contributed by atoms with Crippen LogP contribution < -0.4 is 5.32 Å². The van der Waals surface area contributed by atoms with Crippen molar-refractivity contribution in [2.45, 2.75) is 39.8 Å². The maximum Gasteiger partial charge on any atom is 0.127 e. The van der Waals surface area contributed by atoms with E-state index in [1.165, 1.54) is 0 Å². The smallest absolute Gasteiger partial charge is 0.127 e. The van der Waals surface area contributed by atoms with Gasteiger partial charge < -0.3 is 9.88 Å². The molecular weight excluding hydrogens is 253 g/mol. The minimum absolute atomic E-state index is 0.138. The maximum atomic E-state index is 14.0. The molecular formula is C16H22FN3. The number of halogens is 1. The lowest BCUT2D eigenvalue weighted by atomic mass is 10.1. The average Bonchev–Trinajstić information content (AvgIpc) is 2.88. The zero-order valence-electron chi connectivity index (χ0n) is 12.2. The van der Waals surface area contributed by atoms with Crippen LogP contribution in [0.4, 0.5) is 4.39 Å². The molecule has 1 N–H and O–H groups in total. The summed E-state index contributed by atoms with van der Waals surface area (Å²) in [5.41, 5.74) is 1.68. The van der Waals surface area contributed by atoms with Crippen LogP contribution >= 0.6 is 0 Å².